The highest BCUT2D eigenvalue weighted by Gasteiger charge is 2.30. The maximum Gasteiger partial charge on any atom is 0.0918 e. The van der Waals surface area contributed by atoms with E-state index in [1.54, 1.807) is 0 Å². The zero-order valence-corrected chi connectivity index (χ0v) is 25.2. The van der Waals surface area contributed by atoms with E-state index in [2.05, 4.69) is 152 Å². The SMILES string of the molecule is CC(C)[C@@H](COP(c1ccccc1)c1ccccc1)N1Cc2ccc3ccccc3c2-c2c(ccc3ccccc23)C1. The molecule has 2 nitrogen and oxygen atoms in total. The Morgan fingerprint density at radius 3 is 1.50 bits per heavy atom. The van der Waals surface area contributed by atoms with E-state index in [1.165, 1.54) is 54.4 Å². The van der Waals surface area contributed by atoms with Gasteiger partial charge in [-0.25, -0.2) is 0 Å². The molecule has 0 radical (unpaired) electrons. The van der Waals surface area contributed by atoms with Crippen LogP contribution in [-0.2, 0) is 17.6 Å². The molecule has 0 saturated heterocycles. The van der Waals surface area contributed by atoms with Crippen molar-refractivity contribution in [3.63, 3.8) is 0 Å². The van der Waals surface area contributed by atoms with Gasteiger partial charge in [-0.05, 0) is 49.7 Å². The summed E-state index contributed by atoms with van der Waals surface area (Å²) in [6.07, 6.45) is 0. The van der Waals surface area contributed by atoms with Crippen LogP contribution in [0.2, 0.25) is 0 Å². The summed E-state index contributed by atoms with van der Waals surface area (Å²) in [5.74, 6) is 0.430. The zero-order valence-electron chi connectivity index (χ0n) is 24.3. The van der Waals surface area contributed by atoms with E-state index in [1.807, 2.05) is 0 Å². The van der Waals surface area contributed by atoms with Crippen LogP contribution in [0.3, 0.4) is 0 Å². The van der Waals surface area contributed by atoms with Crippen molar-refractivity contribution in [2.24, 2.45) is 5.92 Å². The molecule has 0 N–H and O–H groups in total. The van der Waals surface area contributed by atoms with Crippen molar-refractivity contribution in [3.05, 3.63) is 145 Å². The first kappa shape index (κ1) is 27.0. The molecule has 1 heterocycles. The molecule has 7 rings (SSSR count). The van der Waals surface area contributed by atoms with Crippen LogP contribution in [0.4, 0.5) is 0 Å². The van der Waals surface area contributed by atoms with E-state index < -0.39 is 8.15 Å². The summed E-state index contributed by atoms with van der Waals surface area (Å²) in [5.41, 5.74) is 5.56. The summed E-state index contributed by atoms with van der Waals surface area (Å²) in [7, 11) is -0.915. The molecule has 0 amide bonds. The van der Waals surface area contributed by atoms with Crippen LogP contribution in [0, 0.1) is 5.92 Å². The molecule has 0 fully saturated rings. The summed E-state index contributed by atoms with van der Waals surface area (Å²) in [4.78, 5) is 2.67. The number of benzene rings is 6. The van der Waals surface area contributed by atoms with Crippen molar-refractivity contribution in [1.29, 1.82) is 0 Å². The third-order valence-electron chi connectivity index (χ3n) is 8.62. The molecule has 0 aromatic heterocycles. The molecule has 6 aromatic rings. The first-order valence-corrected chi connectivity index (χ1v) is 16.2. The van der Waals surface area contributed by atoms with E-state index >= 15 is 0 Å². The molecule has 0 bridgehead atoms. The molecule has 0 saturated carbocycles. The van der Waals surface area contributed by atoms with Crippen LogP contribution < -0.4 is 10.6 Å². The monoisotopic (exact) mass is 565 g/mol. The van der Waals surface area contributed by atoms with Crippen LogP contribution in [-0.4, -0.2) is 17.5 Å². The molecule has 6 aromatic carbocycles. The normalized spacial score (nSPS) is 14.2. The first-order valence-electron chi connectivity index (χ1n) is 15.0. The van der Waals surface area contributed by atoms with E-state index in [0.29, 0.717) is 12.5 Å². The third kappa shape index (κ3) is 5.16. The van der Waals surface area contributed by atoms with Gasteiger partial charge in [0, 0.05) is 29.7 Å². The van der Waals surface area contributed by atoms with Gasteiger partial charge >= 0.3 is 0 Å². The molecule has 208 valence electrons. The average molecular weight is 566 g/mol. The summed E-state index contributed by atoms with van der Waals surface area (Å²) in [5, 5.41) is 7.77. The van der Waals surface area contributed by atoms with Gasteiger partial charge in [-0.2, -0.15) is 0 Å². The highest BCUT2D eigenvalue weighted by molar-refractivity contribution is 7.68. The van der Waals surface area contributed by atoms with Gasteiger partial charge in [0.1, 0.15) is 0 Å². The molecular weight excluding hydrogens is 529 g/mol. The molecule has 0 unspecified atom stereocenters. The van der Waals surface area contributed by atoms with Crippen LogP contribution in [0.25, 0.3) is 32.7 Å². The van der Waals surface area contributed by atoms with Crippen LogP contribution >= 0.6 is 8.15 Å². The highest BCUT2D eigenvalue weighted by Crippen LogP contribution is 2.43. The number of fused-ring (bicyclic) bond motifs is 7. The Labute approximate surface area is 250 Å². The highest BCUT2D eigenvalue weighted by atomic mass is 31.1. The Bertz CT molecular complexity index is 1710. The van der Waals surface area contributed by atoms with Crippen LogP contribution in [0.1, 0.15) is 25.0 Å². The van der Waals surface area contributed by atoms with Crippen molar-refractivity contribution in [3.8, 4) is 11.1 Å². The molecule has 1 aliphatic rings. The minimum Gasteiger partial charge on any atom is -0.348 e. The fourth-order valence-electron chi connectivity index (χ4n) is 6.51. The van der Waals surface area contributed by atoms with Gasteiger partial charge < -0.3 is 4.52 Å². The fraction of sp³-hybridized carbons (Fsp3) is 0.179. The quantitative estimate of drug-likeness (QED) is 0.179. The minimum absolute atomic E-state index is 0.263. The van der Waals surface area contributed by atoms with Gasteiger partial charge in [-0.15, -0.1) is 0 Å². The van der Waals surface area contributed by atoms with Gasteiger partial charge in [0.05, 0.1) is 14.8 Å². The van der Waals surface area contributed by atoms with Gasteiger partial charge in [0.25, 0.3) is 0 Å². The fourth-order valence-corrected chi connectivity index (χ4v) is 8.29. The standard InChI is InChI=1S/C39H36NOP/c1-28(2)37(27-41-42(33-15-5-3-6-16-33)34-17-7-4-8-18-34)40-25-31-23-21-29-13-9-11-19-35(29)38(31)39-32(26-40)24-22-30-14-10-12-20-36(30)39/h3-24,28,37H,25-27H2,1-2H3/t37-/m1/s1. The van der Waals surface area contributed by atoms with Crippen molar-refractivity contribution in [1.82, 2.24) is 4.90 Å². The lowest BCUT2D eigenvalue weighted by Gasteiger charge is -2.35. The van der Waals surface area contributed by atoms with Crippen molar-refractivity contribution < 1.29 is 4.52 Å². The lowest BCUT2D eigenvalue weighted by Crippen LogP contribution is -2.41. The van der Waals surface area contributed by atoms with Gasteiger partial charge in [-0.1, -0.05) is 147 Å². The average Bonchev–Trinajstić information content (AvgIpc) is 3.21. The van der Waals surface area contributed by atoms with Crippen molar-refractivity contribution in [2.75, 3.05) is 6.61 Å². The van der Waals surface area contributed by atoms with Gasteiger partial charge in [-0.3, -0.25) is 4.90 Å². The predicted octanol–water partition coefficient (Wildman–Crippen LogP) is 9.06. The molecule has 0 spiro atoms. The largest absolute Gasteiger partial charge is 0.348 e. The molecular formula is C39H36NOP. The Balaban J connectivity index is 1.30. The van der Waals surface area contributed by atoms with E-state index in [9.17, 15) is 0 Å². The number of hydrogen-bond acceptors (Lipinski definition) is 2. The van der Waals surface area contributed by atoms with E-state index in [-0.39, 0.29) is 6.04 Å². The van der Waals surface area contributed by atoms with Crippen LogP contribution in [0.15, 0.2) is 133 Å². The second-order valence-corrected chi connectivity index (χ2v) is 13.5. The van der Waals surface area contributed by atoms with Crippen LogP contribution in [0.5, 0.6) is 0 Å². The Hall–Kier alpha value is -3.81. The third-order valence-corrected chi connectivity index (χ3v) is 10.6. The summed E-state index contributed by atoms with van der Waals surface area (Å²) in [6, 6.07) is 48.8. The molecule has 0 aliphatic carbocycles. The van der Waals surface area contributed by atoms with Gasteiger partial charge in [0.15, 0.2) is 0 Å². The minimum atomic E-state index is -0.915. The second kappa shape index (κ2) is 11.8. The Morgan fingerprint density at radius 2 is 1.02 bits per heavy atom. The lowest BCUT2D eigenvalue weighted by molar-refractivity contribution is 0.0953. The predicted molar refractivity (Wildman–Crippen MR) is 180 cm³/mol. The summed E-state index contributed by atoms with van der Waals surface area (Å²) in [6.45, 7) is 7.15. The molecule has 42 heavy (non-hydrogen) atoms. The van der Waals surface area contributed by atoms with Crippen molar-refractivity contribution >= 4 is 40.3 Å². The molecule has 3 heteroatoms. The molecule has 1 aliphatic heterocycles. The first-order chi connectivity index (χ1) is 20.7. The van der Waals surface area contributed by atoms with E-state index in [0.717, 1.165) is 13.1 Å². The number of nitrogens with zero attached hydrogens (tertiary/aromatic N) is 1. The number of hydrogen-bond donors (Lipinski definition) is 0. The topological polar surface area (TPSA) is 12.5 Å². The summed E-state index contributed by atoms with van der Waals surface area (Å²) < 4.78 is 6.97. The lowest BCUT2D eigenvalue weighted by atomic mass is 9.88. The van der Waals surface area contributed by atoms with E-state index in [4.69, 9.17) is 4.52 Å². The van der Waals surface area contributed by atoms with Gasteiger partial charge in [0.2, 0.25) is 0 Å². The maximum atomic E-state index is 6.97. The molecule has 1 atom stereocenters. The zero-order chi connectivity index (χ0) is 28.5. The Kier molecular flexibility index (Phi) is 7.61. The maximum absolute atomic E-state index is 6.97. The van der Waals surface area contributed by atoms with Crippen molar-refractivity contribution in [2.45, 2.75) is 33.0 Å². The summed E-state index contributed by atoms with van der Waals surface area (Å²) >= 11 is 0. The Morgan fingerprint density at radius 1 is 0.571 bits per heavy atom. The second-order valence-electron chi connectivity index (χ2n) is 11.6. The number of rotatable bonds is 7. The smallest absolute Gasteiger partial charge is 0.0918 e.